The number of pyridine rings is 1. The third kappa shape index (κ3) is 5.28. The van der Waals surface area contributed by atoms with Gasteiger partial charge in [0.25, 0.3) is 5.56 Å². The van der Waals surface area contributed by atoms with E-state index >= 15 is 0 Å². The lowest BCUT2D eigenvalue weighted by Crippen LogP contribution is -2.20. The molecule has 4 heterocycles. The van der Waals surface area contributed by atoms with Crippen molar-refractivity contribution in [2.75, 3.05) is 0 Å². The highest BCUT2D eigenvalue weighted by atomic mass is 16.1. The zero-order valence-electron chi connectivity index (χ0n) is 30.6. The number of rotatable bonds is 6. The van der Waals surface area contributed by atoms with Crippen LogP contribution in [-0.4, -0.2) is 28.7 Å². The average Bonchev–Trinajstić information content (AvgIpc) is 3.81. The molecule has 7 heteroatoms. The SMILES string of the molecule is O=c1c2c(ccn1-c1ccccc1)c1c(-c3ccc4c(c3)c3ccccc3n4-c3ccccc3)cccc1n2-c1nc(-c2ccccc2)nc(-c2ccccc2)n1. The summed E-state index contributed by atoms with van der Waals surface area (Å²) < 4.78 is 5.94. The molecule has 57 heavy (non-hydrogen) atoms. The second-order valence-electron chi connectivity index (χ2n) is 14.1. The molecule has 4 aromatic heterocycles. The molecule has 0 saturated carbocycles. The summed E-state index contributed by atoms with van der Waals surface area (Å²) in [6.45, 7) is 0. The molecule has 0 amide bonds. The molecule has 268 valence electrons. The van der Waals surface area contributed by atoms with E-state index < -0.39 is 0 Å². The molecule has 0 N–H and O–H groups in total. The molecule has 0 aliphatic heterocycles. The number of hydrogen-bond acceptors (Lipinski definition) is 4. The van der Waals surface area contributed by atoms with Gasteiger partial charge in [-0.25, -0.2) is 4.98 Å². The number of nitrogens with zero attached hydrogens (tertiary/aromatic N) is 6. The van der Waals surface area contributed by atoms with Crippen LogP contribution in [-0.2, 0) is 0 Å². The average molecular weight is 733 g/mol. The van der Waals surface area contributed by atoms with Gasteiger partial charge < -0.3 is 4.57 Å². The topological polar surface area (TPSA) is 70.5 Å². The molecule has 0 aliphatic rings. The fourth-order valence-corrected chi connectivity index (χ4v) is 8.21. The summed E-state index contributed by atoms with van der Waals surface area (Å²) in [7, 11) is 0. The van der Waals surface area contributed by atoms with Crippen molar-refractivity contribution in [2.24, 2.45) is 0 Å². The van der Waals surface area contributed by atoms with Crippen molar-refractivity contribution in [3.63, 3.8) is 0 Å². The molecule has 0 fully saturated rings. The molecule has 0 saturated heterocycles. The Balaban J connectivity index is 1.22. The second-order valence-corrected chi connectivity index (χ2v) is 14.1. The molecule has 0 aliphatic carbocycles. The molecular formula is C50H32N6O. The fourth-order valence-electron chi connectivity index (χ4n) is 8.21. The Morgan fingerprint density at radius 2 is 0.982 bits per heavy atom. The van der Waals surface area contributed by atoms with Gasteiger partial charge in [-0.15, -0.1) is 0 Å². The van der Waals surface area contributed by atoms with Gasteiger partial charge >= 0.3 is 0 Å². The Morgan fingerprint density at radius 3 is 1.67 bits per heavy atom. The third-order valence-electron chi connectivity index (χ3n) is 10.8. The van der Waals surface area contributed by atoms with E-state index in [0.29, 0.717) is 23.1 Å². The lowest BCUT2D eigenvalue weighted by atomic mass is 9.98. The molecule has 0 bridgehead atoms. The summed E-state index contributed by atoms with van der Waals surface area (Å²) in [6, 6.07) is 63.5. The summed E-state index contributed by atoms with van der Waals surface area (Å²) in [5.74, 6) is 1.40. The highest BCUT2D eigenvalue weighted by molar-refractivity contribution is 6.17. The molecule has 0 spiro atoms. The van der Waals surface area contributed by atoms with E-state index in [1.165, 1.54) is 5.39 Å². The van der Waals surface area contributed by atoms with Crippen molar-refractivity contribution < 1.29 is 0 Å². The Kier molecular flexibility index (Phi) is 7.50. The highest BCUT2D eigenvalue weighted by Crippen LogP contribution is 2.40. The van der Waals surface area contributed by atoms with Crippen LogP contribution < -0.4 is 5.56 Å². The summed E-state index contributed by atoms with van der Waals surface area (Å²) in [5.41, 5.74) is 9.03. The summed E-state index contributed by atoms with van der Waals surface area (Å²) in [4.78, 5) is 30.2. The molecule has 7 nitrogen and oxygen atoms in total. The number of benzene rings is 7. The monoisotopic (exact) mass is 732 g/mol. The molecule has 7 aromatic carbocycles. The summed E-state index contributed by atoms with van der Waals surface area (Å²) >= 11 is 0. The van der Waals surface area contributed by atoms with Crippen molar-refractivity contribution >= 4 is 43.6 Å². The Bertz CT molecular complexity index is 3290. The minimum absolute atomic E-state index is 0.176. The Hall–Kier alpha value is -7.90. The lowest BCUT2D eigenvalue weighted by Gasteiger charge is -2.12. The normalized spacial score (nSPS) is 11.6. The molecule has 11 aromatic rings. The van der Waals surface area contributed by atoms with Gasteiger partial charge in [0, 0.05) is 50.2 Å². The van der Waals surface area contributed by atoms with Crippen LogP contribution in [0.2, 0.25) is 0 Å². The maximum Gasteiger partial charge on any atom is 0.280 e. The maximum atomic E-state index is 15.0. The first-order chi connectivity index (χ1) is 28.2. The van der Waals surface area contributed by atoms with Gasteiger partial charge in [0.05, 0.1) is 16.6 Å². The smallest absolute Gasteiger partial charge is 0.280 e. The van der Waals surface area contributed by atoms with Gasteiger partial charge in [0.1, 0.15) is 5.52 Å². The van der Waals surface area contributed by atoms with Crippen LogP contribution in [0.5, 0.6) is 0 Å². The molecule has 0 atom stereocenters. The predicted molar refractivity (Wildman–Crippen MR) is 230 cm³/mol. The zero-order chi connectivity index (χ0) is 37.9. The molecular weight excluding hydrogens is 701 g/mol. The first kappa shape index (κ1) is 32.5. The standard InChI is InChI=1S/C50H32N6O/c57-49-46-40(30-31-54(49)36-20-9-3-10-21-36)45-38(35-28-29-43-41(32-35)39-24-13-14-26-42(39)55(43)37-22-11-4-12-23-37)25-15-27-44(45)56(46)50-52-47(33-16-5-1-6-17-33)51-48(53-50)34-18-7-2-8-19-34/h1-32H. The van der Waals surface area contributed by atoms with E-state index in [-0.39, 0.29) is 5.56 Å². The van der Waals surface area contributed by atoms with Crippen molar-refractivity contribution in [3.05, 3.63) is 205 Å². The molecule has 0 unspecified atom stereocenters. The van der Waals surface area contributed by atoms with Crippen LogP contribution in [0.1, 0.15) is 0 Å². The second kappa shape index (κ2) is 13.1. The van der Waals surface area contributed by atoms with E-state index in [2.05, 4.69) is 89.5 Å². The van der Waals surface area contributed by atoms with Crippen molar-refractivity contribution in [1.29, 1.82) is 0 Å². The third-order valence-corrected chi connectivity index (χ3v) is 10.8. The van der Waals surface area contributed by atoms with Crippen LogP contribution in [0.4, 0.5) is 0 Å². The first-order valence-electron chi connectivity index (χ1n) is 18.9. The number of aromatic nitrogens is 6. The molecule has 0 radical (unpaired) electrons. The minimum Gasteiger partial charge on any atom is -0.309 e. The van der Waals surface area contributed by atoms with E-state index in [0.717, 1.165) is 66.3 Å². The van der Waals surface area contributed by atoms with Gasteiger partial charge in [0.15, 0.2) is 11.6 Å². The van der Waals surface area contributed by atoms with Crippen LogP contribution in [0.3, 0.4) is 0 Å². The Labute approximate surface area is 327 Å². The van der Waals surface area contributed by atoms with Gasteiger partial charge in [-0.05, 0) is 65.7 Å². The van der Waals surface area contributed by atoms with E-state index in [1.54, 1.807) is 4.57 Å². The van der Waals surface area contributed by atoms with Gasteiger partial charge in [0.2, 0.25) is 5.95 Å². The lowest BCUT2D eigenvalue weighted by molar-refractivity contribution is 0.933. The van der Waals surface area contributed by atoms with E-state index in [1.807, 2.05) is 114 Å². The van der Waals surface area contributed by atoms with Crippen molar-refractivity contribution in [3.8, 4) is 51.2 Å². The highest BCUT2D eigenvalue weighted by Gasteiger charge is 2.23. The van der Waals surface area contributed by atoms with Crippen molar-refractivity contribution in [2.45, 2.75) is 0 Å². The number of hydrogen-bond donors (Lipinski definition) is 0. The van der Waals surface area contributed by atoms with Crippen LogP contribution in [0, 0.1) is 0 Å². The fraction of sp³-hybridized carbons (Fsp3) is 0. The maximum absolute atomic E-state index is 15.0. The van der Waals surface area contributed by atoms with Gasteiger partial charge in [-0.2, -0.15) is 9.97 Å². The van der Waals surface area contributed by atoms with E-state index in [9.17, 15) is 4.79 Å². The number of para-hydroxylation sites is 3. The van der Waals surface area contributed by atoms with Crippen molar-refractivity contribution in [1.82, 2.24) is 28.7 Å². The van der Waals surface area contributed by atoms with E-state index in [4.69, 9.17) is 15.0 Å². The van der Waals surface area contributed by atoms with Gasteiger partial charge in [-0.3, -0.25) is 13.9 Å². The minimum atomic E-state index is -0.176. The van der Waals surface area contributed by atoms with Gasteiger partial charge in [-0.1, -0.05) is 133 Å². The summed E-state index contributed by atoms with van der Waals surface area (Å²) in [6.07, 6.45) is 1.87. The first-order valence-corrected chi connectivity index (χ1v) is 18.9. The quantitative estimate of drug-likeness (QED) is 0.171. The predicted octanol–water partition coefficient (Wildman–Crippen LogP) is 11.2. The largest absolute Gasteiger partial charge is 0.309 e. The Morgan fingerprint density at radius 1 is 0.404 bits per heavy atom. The van der Waals surface area contributed by atoms with Crippen LogP contribution in [0.25, 0.3) is 94.8 Å². The zero-order valence-corrected chi connectivity index (χ0v) is 30.6. The molecule has 11 rings (SSSR count). The van der Waals surface area contributed by atoms with Crippen LogP contribution >= 0.6 is 0 Å². The number of fused-ring (bicyclic) bond motifs is 6. The summed E-state index contributed by atoms with van der Waals surface area (Å²) in [5, 5.41) is 4.08. The van der Waals surface area contributed by atoms with Crippen LogP contribution in [0.15, 0.2) is 199 Å².